The maximum Gasteiger partial charge on any atom is 0.295 e. The van der Waals surface area contributed by atoms with Crippen LogP contribution in [-0.4, -0.2) is 34.9 Å². The number of aromatic nitrogens is 3. The van der Waals surface area contributed by atoms with E-state index in [-0.39, 0.29) is 5.82 Å². The smallest absolute Gasteiger partial charge is 0.295 e. The molecule has 1 amide bonds. The second kappa shape index (κ2) is 7.45. The van der Waals surface area contributed by atoms with Crippen LogP contribution in [0, 0.1) is 6.92 Å². The van der Waals surface area contributed by atoms with Crippen LogP contribution in [0.1, 0.15) is 16.4 Å². The van der Waals surface area contributed by atoms with Gasteiger partial charge in [-0.05, 0) is 37.3 Å². The molecule has 0 saturated carbocycles. The molecule has 7 nitrogen and oxygen atoms in total. The molecule has 2 aromatic carbocycles. The van der Waals surface area contributed by atoms with Crippen molar-refractivity contribution in [2.45, 2.75) is 6.92 Å². The molecule has 1 N–H and O–H groups in total. The Kier molecular flexibility index (Phi) is 5.09. The van der Waals surface area contributed by atoms with Gasteiger partial charge >= 0.3 is 0 Å². The van der Waals surface area contributed by atoms with E-state index in [1.54, 1.807) is 49.0 Å². The summed E-state index contributed by atoms with van der Waals surface area (Å²) in [6.07, 6.45) is 0. The van der Waals surface area contributed by atoms with Gasteiger partial charge in [0.25, 0.3) is 5.91 Å². The lowest BCUT2D eigenvalue weighted by Gasteiger charge is -2.09. The van der Waals surface area contributed by atoms with Crippen molar-refractivity contribution >= 4 is 23.2 Å². The normalized spacial score (nSPS) is 10.5. The first-order valence-electron chi connectivity index (χ1n) is 7.75. The minimum absolute atomic E-state index is 0.0530. The molecule has 26 heavy (non-hydrogen) atoms. The summed E-state index contributed by atoms with van der Waals surface area (Å²) >= 11 is 6.01. The monoisotopic (exact) mass is 372 g/mol. The summed E-state index contributed by atoms with van der Waals surface area (Å²) in [6.45, 7) is 1.76. The number of nitrogens with one attached hydrogen (secondary N) is 1. The van der Waals surface area contributed by atoms with Crippen molar-refractivity contribution in [3.63, 3.8) is 0 Å². The Morgan fingerprint density at radius 1 is 1.12 bits per heavy atom. The first kappa shape index (κ1) is 17.8. The third-order valence-electron chi connectivity index (χ3n) is 3.67. The van der Waals surface area contributed by atoms with E-state index < -0.39 is 5.91 Å². The number of aryl methyl sites for hydroxylation is 1. The number of ether oxygens (including phenoxy) is 2. The average Bonchev–Trinajstić information content (AvgIpc) is 3.03. The van der Waals surface area contributed by atoms with Crippen molar-refractivity contribution < 1.29 is 14.3 Å². The van der Waals surface area contributed by atoms with E-state index in [0.29, 0.717) is 28.0 Å². The van der Waals surface area contributed by atoms with Gasteiger partial charge in [-0.25, -0.2) is 9.67 Å². The van der Waals surface area contributed by atoms with Crippen molar-refractivity contribution in [3.8, 4) is 17.2 Å². The number of halogens is 1. The van der Waals surface area contributed by atoms with Gasteiger partial charge in [0.2, 0.25) is 5.82 Å². The number of methoxy groups -OCH3 is 2. The predicted molar refractivity (Wildman–Crippen MR) is 98.6 cm³/mol. The molecule has 8 heteroatoms. The molecule has 134 valence electrons. The Balaban J connectivity index is 1.84. The zero-order valence-electron chi connectivity index (χ0n) is 14.5. The summed E-state index contributed by atoms with van der Waals surface area (Å²) < 4.78 is 12.0. The third kappa shape index (κ3) is 3.62. The molecule has 1 heterocycles. The third-order valence-corrected chi connectivity index (χ3v) is 3.90. The number of nitrogens with zero attached hydrogens (tertiary/aromatic N) is 3. The lowest BCUT2D eigenvalue weighted by molar-refractivity contribution is 0.101. The van der Waals surface area contributed by atoms with Crippen LogP contribution >= 0.6 is 11.6 Å². The lowest BCUT2D eigenvalue weighted by Crippen LogP contribution is -2.14. The second-order valence-electron chi connectivity index (χ2n) is 5.40. The number of carbonyl (C=O) groups excluding carboxylic acids is 1. The molecule has 0 aliphatic rings. The fourth-order valence-corrected chi connectivity index (χ4v) is 2.62. The van der Waals surface area contributed by atoms with Crippen molar-refractivity contribution in [2.75, 3.05) is 19.5 Å². The minimum Gasteiger partial charge on any atom is -0.493 e. The number of benzene rings is 2. The molecule has 0 spiro atoms. The summed E-state index contributed by atoms with van der Waals surface area (Å²) in [5.41, 5.74) is 1.28. The molecule has 0 aliphatic carbocycles. The summed E-state index contributed by atoms with van der Waals surface area (Å²) in [5, 5.41) is 7.60. The molecule has 0 radical (unpaired) electrons. The van der Waals surface area contributed by atoms with Gasteiger partial charge in [-0.2, -0.15) is 0 Å². The molecule has 0 unspecified atom stereocenters. The molecule has 0 saturated heterocycles. The van der Waals surface area contributed by atoms with Crippen LogP contribution in [0.3, 0.4) is 0 Å². The van der Waals surface area contributed by atoms with Crippen molar-refractivity contribution in [3.05, 3.63) is 59.1 Å². The highest BCUT2D eigenvalue weighted by atomic mass is 35.5. The Morgan fingerprint density at radius 3 is 2.58 bits per heavy atom. The number of hydrogen-bond donors (Lipinski definition) is 1. The van der Waals surface area contributed by atoms with Gasteiger partial charge in [0.1, 0.15) is 5.82 Å². The van der Waals surface area contributed by atoms with Gasteiger partial charge in [0, 0.05) is 16.8 Å². The Morgan fingerprint density at radius 2 is 1.88 bits per heavy atom. The van der Waals surface area contributed by atoms with E-state index in [4.69, 9.17) is 21.1 Å². The van der Waals surface area contributed by atoms with Crippen LogP contribution in [-0.2, 0) is 0 Å². The highest BCUT2D eigenvalue weighted by Crippen LogP contribution is 2.29. The maximum absolute atomic E-state index is 12.5. The van der Waals surface area contributed by atoms with Crippen LogP contribution in [0.15, 0.2) is 42.5 Å². The van der Waals surface area contributed by atoms with Crippen molar-refractivity contribution in [2.24, 2.45) is 0 Å². The average molecular weight is 373 g/mol. The Bertz CT molecular complexity index is 955. The highest BCUT2D eigenvalue weighted by molar-refractivity contribution is 6.30. The van der Waals surface area contributed by atoms with Gasteiger partial charge in [-0.15, -0.1) is 5.10 Å². The first-order chi connectivity index (χ1) is 12.5. The fraction of sp³-hybridized carbons (Fsp3) is 0.167. The highest BCUT2D eigenvalue weighted by Gasteiger charge is 2.16. The molecule has 0 fully saturated rings. The van der Waals surface area contributed by atoms with Crippen LogP contribution in [0.2, 0.25) is 5.02 Å². The summed E-state index contributed by atoms with van der Waals surface area (Å²) in [6, 6.07) is 12.2. The zero-order valence-corrected chi connectivity index (χ0v) is 15.2. The van der Waals surface area contributed by atoms with E-state index in [9.17, 15) is 4.79 Å². The molecular weight excluding hydrogens is 356 g/mol. The molecule has 0 aliphatic heterocycles. The maximum atomic E-state index is 12.5. The van der Waals surface area contributed by atoms with Gasteiger partial charge in [-0.3, -0.25) is 4.79 Å². The topological polar surface area (TPSA) is 78.3 Å². The summed E-state index contributed by atoms with van der Waals surface area (Å²) in [4.78, 5) is 16.7. The quantitative estimate of drug-likeness (QED) is 0.741. The summed E-state index contributed by atoms with van der Waals surface area (Å²) in [5.74, 6) is 1.28. The number of amides is 1. The van der Waals surface area contributed by atoms with Crippen molar-refractivity contribution in [1.82, 2.24) is 14.8 Å². The molecule has 3 aromatic rings. The van der Waals surface area contributed by atoms with Crippen molar-refractivity contribution in [1.29, 1.82) is 0 Å². The largest absolute Gasteiger partial charge is 0.493 e. The fourth-order valence-electron chi connectivity index (χ4n) is 2.44. The number of hydrogen-bond acceptors (Lipinski definition) is 5. The van der Waals surface area contributed by atoms with E-state index >= 15 is 0 Å². The molecule has 0 bridgehead atoms. The zero-order chi connectivity index (χ0) is 18.7. The molecule has 3 rings (SSSR count). The van der Waals surface area contributed by atoms with Crippen LogP contribution in [0.5, 0.6) is 11.5 Å². The molecule has 1 aromatic heterocycles. The van der Waals surface area contributed by atoms with E-state index in [2.05, 4.69) is 15.4 Å². The van der Waals surface area contributed by atoms with Gasteiger partial charge in [0.15, 0.2) is 11.5 Å². The SMILES string of the molecule is COc1ccc(NC(=O)c2nc(C)n(-c3cccc(Cl)c3)n2)cc1OC. The van der Waals surface area contributed by atoms with Crippen LogP contribution < -0.4 is 14.8 Å². The van der Waals surface area contributed by atoms with Crippen LogP contribution in [0.4, 0.5) is 5.69 Å². The standard InChI is InChI=1S/C18H17ClN4O3/c1-11-20-17(22-23(11)14-6-4-5-12(19)9-14)18(24)21-13-7-8-15(25-2)16(10-13)26-3/h4-10H,1-3H3,(H,21,24). The van der Waals surface area contributed by atoms with Crippen LogP contribution in [0.25, 0.3) is 5.69 Å². The molecule has 0 atom stereocenters. The minimum atomic E-state index is -0.430. The number of carbonyl (C=O) groups is 1. The Hall–Kier alpha value is -3.06. The first-order valence-corrected chi connectivity index (χ1v) is 8.12. The van der Waals surface area contributed by atoms with Gasteiger partial charge in [0.05, 0.1) is 19.9 Å². The summed E-state index contributed by atoms with van der Waals surface area (Å²) in [7, 11) is 3.08. The lowest BCUT2D eigenvalue weighted by atomic mass is 10.2. The predicted octanol–water partition coefficient (Wildman–Crippen LogP) is 3.50. The van der Waals surface area contributed by atoms with Gasteiger partial charge in [-0.1, -0.05) is 17.7 Å². The van der Waals surface area contributed by atoms with E-state index in [0.717, 1.165) is 5.69 Å². The number of rotatable bonds is 5. The second-order valence-corrected chi connectivity index (χ2v) is 5.83. The number of anilines is 1. The van der Waals surface area contributed by atoms with E-state index in [1.807, 2.05) is 12.1 Å². The Labute approximate surface area is 155 Å². The molecular formula is C18H17ClN4O3. The van der Waals surface area contributed by atoms with Gasteiger partial charge < -0.3 is 14.8 Å². The van der Waals surface area contributed by atoms with E-state index in [1.165, 1.54) is 7.11 Å².